The van der Waals surface area contributed by atoms with Crippen LogP contribution in [0.5, 0.6) is 0 Å². The molecule has 2 atom stereocenters. The van der Waals surface area contributed by atoms with Crippen molar-refractivity contribution in [2.75, 3.05) is 31.6 Å². The van der Waals surface area contributed by atoms with Gasteiger partial charge < -0.3 is 19.5 Å². The topological polar surface area (TPSA) is 76.3 Å². The van der Waals surface area contributed by atoms with Crippen molar-refractivity contribution < 1.29 is 9.26 Å². The monoisotopic (exact) mass is 423 g/mol. The first-order chi connectivity index (χ1) is 14.9. The minimum absolute atomic E-state index is 0.0846. The van der Waals surface area contributed by atoms with Gasteiger partial charge in [-0.2, -0.15) is 4.98 Å². The van der Waals surface area contributed by atoms with Crippen molar-refractivity contribution >= 4 is 16.7 Å². The molecule has 0 spiro atoms. The molecule has 0 bridgehead atoms. The van der Waals surface area contributed by atoms with Crippen LogP contribution in [0, 0.1) is 26.7 Å². The highest BCUT2D eigenvalue weighted by atomic mass is 16.5. The van der Waals surface area contributed by atoms with Gasteiger partial charge in [-0.15, -0.1) is 0 Å². The maximum absolute atomic E-state index is 5.88. The lowest BCUT2D eigenvalue weighted by Gasteiger charge is -2.39. The average molecular weight is 424 g/mol. The number of pyridine rings is 1. The van der Waals surface area contributed by atoms with Crippen molar-refractivity contribution in [2.24, 2.45) is 5.92 Å². The normalized spacial score (nSPS) is 19.5. The summed E-state index contributed by atoms with van der Waals surface area (Å²) in [6, 6.07) is 6.81. The molecular weight excluding hydrogens is 390 g/mol. The highest BCUT2D eigenvalue weighted by Crippen LogP contribution is 2.34. The summed E-state index contributed by atoms with van der Waals surface area (Å²) in [6.45, 7) is 13.1. The number of benzene rings is 1. The van der Waals surface area contributed by atoms with Crippen molar-refractivity contribution in [3.63, 3.8) is 0 Å². The largest absolute Gasteiger partial charge is 0.378 e. The van der Waals surface area contributed by atoms with Crippen molar-refractivity contribution in [1.29, 1.82) is 0 Å². The third-order valence-electron chi connectivity index (χ3n) is 5.94. The Bertz CT molecular complexity index is 1060. The Morgan fingerprint density at radius 2 is 2.00 bits per heavy atom. The van der Waals surface area contributed by atoms with Gasteiger partial charge in [-0.3, -0.25) is 0 Å². The summed E-state index contributed by atoms with van der Waals surface area (Å²) in [4.78, 5) is 11.9. The molecule has 7 heteroatoms. The van der Waals surface area contributed by atoms with Crippen LogP contribution in [0.2, 0.25) is 0 Å². The molecule has 4 rings (SSSR count). The zero-order chi connectivity index (χ0) is 22.1. The molecular formula is C24H33N5O2. The Morgan fingerprint density at radius 1 is 1.19 bits per heavy atom. The number of nitrogens with one attached hydrogen (secondary N) is 1. The highest BCUT2D eigenvalue weighted by molar-refractivity contribution is 5.90. The lowest BCUT2D eigenvalue weighted by atomic mass is 9.99. The van der Waals surface area contributed by atoms with Crippen LogP contribution < -0.4 is 10.2 Å². The number of hydrogen-bond donors (Lipinski definition) is 1. The van der Waals surface area contributed by atoms with E-state index in [2.05, 4.69) is 66.3 Å². The quantitative estimate of drug-likeness (QED) is 0.641. The second kappa shape index (κ2) is 8.93. The summed E-state index contributed by atoms with van der Waals surface area (Å²) in [5.74, 6) is 2.62. The standard InChI is InChI=1S/C24H33N5O2/c1-14(2)12-25-20-7-8-29(13-21(20)30-6)23-19(24-26-17(5)28-31-24)11-18-10-15(3)9-16(4)22(18)27-23/h9-11,14,20-21,25H,7-8,12-13H2,1-6H3. The number of aromatic nitrogens is 3. The molecule has 2 unspecified atom stereocenters. The Morgan fingerprint density at radius 3 is 2.68 bits per heavy atom. The SMILES string of the molecule is COC1CN(c2nc3c(C)cc(C)cc3cc2-c2nc(C)no2)CCC1NCC(C)C. The maximum Gasteiger partial charge on any atom is 0.261 e. The van der Waals surface area contributed by atoms with E-state index in [1.165, 1.54) is 11.1 Å². The number of ether oxygens (including phenoxy) is 1. The number of anilines is 1. The van der Waals surface area contributed by atoms with Gasteiger partial charge in [0.2, 0.25) is 0 Å². The van der Waals surface area contributed by atoms with Crippen LogP contribution >= 0.6 is 0 Å². The Labute approximate surface area is 184 Å². The minimum atomic E-state index is 0.0846. The van der Waals surface area contributed by atoms with Gasteiger partial charge in [-0.1, -0.05) is 30.6 Å². The molecule has 7 nitrogen and oxygen atoms in total. The number of rotatable bonds is 6. The molecule has 1 aromatic carbocycles. The molecule has 2 aromatic heterocycles. The van der Waals surface area contributed by atoms with E-state index in [4.69, 9.17) is 14.2 Å². The molecule has 1 fully saturated rings. The molecule has 31 heavy (non-hydrogen) atoms. The van der Waals surface area contributed by atoms with Gasteiger partial charge in [0, 0.05) is 31.6 Å². The fourth-order valence-electron chi connectivity index (χ4n) is 4.41. The molecule has 0 aliphatic carbocycles. The Hall–Kier alpha value is -2.51. The van der Waals surface area contributed by atoms with Gasteiger partial charge >= 0.3 is 0 Å². The molecule has 1 saturated heterocycles. The molecule has 3 heterocycles. The van der Waals surface area contributed by atoms with Crippen LogP contribution in [0.25, 0.3) is 22.4 Å². The summed E-state index contributed by atoms with van der Waals surface area (Å²) in [6.07, 6.45) is 1.07. The molecule has 1 aliphatic rings. The fraction of sp³-hybridized carbons (Fsp3) is 0.542. The van der Waals surface area contributed by atoms with Crippen LogP contribution in [0.15, 0.2) is 22.7 Å². The number of nitrogens with zero attached hydrogens (tertiary/aromatic N) is 4. The van der Waals surface area contributed by atoms with E-state index in [1.807, 2.05) is 6.92 Å². The first kappa shape index (κ1) is 21.7. The van der Waals surface area contributed by atoms with Gasteiger partial charge in [0.05, 0.1) is 17.2 Å². The van der Waals surface area contributed by atoms with Gasteiger partial charge in [0.1, 0.15) is 5.82 Å². The molecule has 0 saturated carbocycles. The first-order valence-corrected chi connectivity index (χ1v) is 11.1. The lowest BCUT2D eigenvalue weighted by molar-refractivity contribution is 0.0590. The van der Waals surface area contributed by atoms with Gasteiger partial charge in [-0.25, -0.2) is 4.98 Å². The number of piperidine rings is 1. The van der Waals surface area contributed by atoms with E-state index in [9.17, 15) is 0 Å². The summed E-state index contributed by atoms with van der Waals surface area (Å²) in [5, 5.41) is 8.77. The van der Waals surface area contributed by atoms with Crippen molar-refractivity contribution in [3.8, 4) is 11.5 Å². The number of aryl methyl sites for hydroxylation is 3. The van der Waals surface area contributed by atoms with Gasteiger partial charge in [0.15, 0.2) is 5.82 Å². The molecule has 1 aliphatic heterocycles. The van der Waals surface area contributed by atoms with Crippen LogP contribution in [-0.4, -0.2) is 54.0 Å². The molecule has 166 valence electrons. The molecule has 1 N–H and O–H groups in total. The van der Waals surface area contributed by atoms with Crippen LogP contribution in [-0.2, 0) is 4.74 Å². The van der Waals surface area contributed by atoms with Crippen LogP contribution in [0.1, 0.15) is 37.2 Å². The third kappa shape index (κ3) is 4.57. The molecule has 0 amide bonds. The van der Waals surface area contributed by atoms with E-state index in [0.29, 0.717) is 23.7 Å². The fourth-order valence-corrected chi connectivity index (χ4v) is 4.41. The van der Waals surface area contributed by atoms with Crippen LogP contribution in [0.4, 0.5) is 5.82 Å². The van der Waals surface area contributed by atoms with E-state index in [1.54, 1.807) is 7.11 Å². The second-order valence-corrected chi connectivity index (χ2v) is 9.08. The lowest BCUT2D eigenvalue weighted by Crippen LogP contribution is -2.54. The number of fused-ring (bicyclic) bond motifs is 1. The van der Waals surface area contributed by atoms with Crippen molar-refractivity contribution in [3.05, 3.63) is 35.2 Å². The summed E-state index contributed by atoms with van der Waals surface area (Å²) in [5.41, 5.74) is 4.26. The Kier molecular flexibility index (Phi) is 6.25. The molecule has 0 radical (unpaired) electrons. The van der Waals surface area contributed by atoms with E-state index < -0.39 is 0 Å². The zero-order valence-electron chi connectivity index (χ0n) is 19.4. The van der Waals surface area contributed by atoms with Crippen molar-refractivity contribution in [2.45, 2.75) is 53.2 Å². The predicted octanol–water partition coefficient (Wildman–Crippen LogP) is 4.05. The number of hydrogen-bond acceptors (Lipinski definition) is 7. The smallest absolute Gasteiger partial charge is 0.261 e. The van der Waals surface area contributed by atoms with Gasteiger partial charge in [-0.05, 0) is 57.4 Å². The minimum Gasteiger partial charge on any atom is -0.378 e. The predicted molar refractivity (Wildman–Crippen MR) is 124 cm³/mol. The molecule has 3 aromatic rings. The number of methoxy groups -OCH3 is 1. The van der Waals surface area contributed by atoms with Crippen LogP contribution in [0.3, 0.4) is 0 Å². The highest BCUT2D eigenvalue weighted by Gasteiger charge is 2.32. The van der Waals surface area contributed by atoms with Crippen molar-refractivity contribution in [1.82, 2.24) is 20.4 Å². The average Bonchev–Trinajstić information content (AvgIpc) is 3.17. The van der Waals surface area contributed by atoms with E-state index >= 15 is 0 Å². The van der Waals surface area contributed by atoms with Gasteiger partial charge in [0.25, 0.3) is 5.89 Å². The Balaban J connectivity index is 1.73. The second-order valence-electron chi connectivity index (χ2n) is 9.08. The third-order valence-corrected chi connectivity index (χ3v) is 5.94. The maximum atomic E-state index is 5.88. The zero-order valence-corrected chi connectivity index (χ0v) is 19.4. The summed E-state index contributed by atoms with van der Waals surface area (Å²) >= 11 is 0. The van der Waals surface area contributed by atoms with E-state index in [-0.39, 0.29) is 6.10 Å². The summed E-state index contributed by atoms with van der Waals surface area (Å²) in [7, 11) is 1.79. The first-order valence-electron chi connectivity index (χ1n) is 11.1. The summed E-state index contributed by atoms with van der Waals surface area (Å²) < 4.78 is 11.4. The van der Waals surface area contributed by atoms with E-state index in [0.717, 1.165) is 48.3 Å².